The maximum atomic E-state index is 5.83. The zero-order valence-corrected chi connectivity index (χ0v) is 10.1. The van der Waals surface area contributed by atoms with Gasteiger partial charge in [0.25, 0.3) is 0 Å². The van der Waals surface area contributed by atoms with Gasteiger partial charge in [-0.1, -0.05) is 23.7 Å². The van der Waals surface area contributed by atoms with Gasteiger partial charge in [-0.15, -0.1) is 0 Å². The first kappa shape index (κ1) is 11.2. The smallest absolute Gasteiger partial charge is 0.0844 e. The summed E-state index contributed by atoms with van der Waals surface area (Å²) in [4.78, 5) is 0. The van der Waals surface area contributed by atoms with Crippen LogP contribution in [0.2, 0.25) is 5.02 Å². The summed E-state index contributed by atoms with van der Waals surface area (Å²) >= 11 is 9.80. The number of thiol groups is 1. The van der Waals surface area contributed by atoms with Crippen molar-refractivity contribution in [3.8, 4) is 0 Å². The second-order valence-corrected chi connectivity index (χ2v) is 3.89. The fourth-order valence-electron chi connectivity index (χ4n) is 1.37. The van der Waals surface area contributed by atoms with Crippen molar-refractivity contribution in [2.24, 2.45) is 4.40 Å². The predicted molar refractivity (Wildman–Crippen MR) is 69.2 cm³/mol. The number of benzene rings is 1. The van der Waals surface area contributed by atoms with Gasteiger partial charge in [0.1, 0.15) is 0 Å². The minimum atomic E-state index is 0.595. The highest BCUT2D eigenvalue weighted by Crippen LogP contribution is 2.11. The molecule has 0 N–H and O–H groups in total. The Kier molecular flexibility index (Phi) is 3.64. The first-order valence-corrected chi connectivity index (χ1v) is 5.51. The Bertz CT molecular complexity index is 476. The second-order valence-electron chi connectivity index (χ2n) is 3.26. The van der Waals surface area contributed by atoms with Gasteiger partial charge in [-0.3, -0.25) is 4.68 Å². The lowest BCUT2D eigenvalue weighted by atomic mass is 10.1. The van der Waals surface area contributed by atoms with E-state index in [1.807, 2.05) is 36.5 Å². The van der Waals surface area contributed by atoms with Crippen LogP contribution in [0.1, 0.15) is 5.56 Å². The molecule has 0 unspecified atom stereocenters. The van der Waals surface area contributed by atoms with E-state index in [0.29, 0.717) is 11.6 Å². The van der Waals surface area contributed by atoms with Crippen LogP contribution in [0.5, 0.6) is 0 Å². The van der Waals surface area contributed by atoms with Crippen LogP contribution in [0.15, 0.2) is 47.1 Å². The maximum Gasteiger partial charge on any atom is 0.0844 e. The molecule has 5 heteroatoms. The van der Waals surface area contributed by atoms with E-state index in [9.17, 15) is 0 Å². The molecule has 0 radical (unpaired) electrons. The van der Waals surface area contributed by atoms with Crippen molar-refractivity contribution in [1.82, 2.24) is 9.78 Å². The number of nitrogens with zero attached hydrogens (tertiary/aromatic N) is 3. The van der Waals surface area contributed by atoms with E-state index in [2.05, 4.69) is 22.3 Å². The minimum absolute atomic E-state index is 0.595. The highest BCUT2D eigenvalue weighted by Gasteiger charge is 2.04. The molecule has 16 heavy (non-hydrogen) atoms. The highest BCUT2D eigenvalue weighted by molar-refractivity contribution is 7.79. The first-order chi connectivity index (χ1) is 7.79. The Hall–Kier alpha value is -1.26. The van der Waals surface area contributed by atoms with Crippen molar-refractivity contribution >= 4 is 30.1 Å². The van der Waals surface area contributed by atoms with Gasteiger partial charge in [0, 0.05) is 17.4 Å². The molecule has 82 valence electrons. The summed E-state index contributed by atoms with van der Waals surface area (Å²) in [6.07, 6.45) is 3.62. The third kappa shape index (κ3) is 2.65. The summed E-state index contributed by atoms with van der Waals surface area (Å²) in [5.74, 6) is 0. The molecule has 2 aromatic rings. The standard InChI is InChI=1S/C11H10ClN3S/c12-10-4-2-9(3-5-10)11(14-16)8-15-7-1-6-13-15/h1-7,16H,8H2/b14-11-. The first-order valence-electron chi connectivity index (χ1n) is 4.74. The third-order valence-corrected chi connectivity index (χ3v) is 2.66. The fraction of sp³-hybridized carbons (Fsp3) is 0.0909. The summed E-state index contributed by atoms with van der Waals surface area (Å²) in [6.45, 7) is 0.595. The summed E-state index contributed by atoms with van der Waals surface area (Å²) < 4.78 is 5.77. The molecule has 0 spiro atoms. The normalized spacial score (nSPS) is 11.8. The van der Waals surface area contributed by atoms with Crippen LogP contribution in [0.4, 0.5) is 0 Å². The average Bonchev–Trinajstić information content (AvgIpc) is 2.80. The molecule has 0 aliphatic rings. The van der Waals surface area contributed by atoms with Crippen molar-refractivity contribution in [1.29, 1.82) is 0 Å². The van der Waals surface area contributed by atoms with Crippen LogP contribution in [0.3, 0.4) is 0 Å². The van der Waals surface area contributed by atoms with Crippen LogP contribution in [0.25, 0.3) is 0 Å². The van der Waals surface area contributed by atoms with Crippen molar-refractivity contribution in [2.45, 2.75) is 6.54 Å². The molecule has 0 aliphatic heterocycles. The van der Waals surface area contributed by atoms with Crippen LogP contribution in [-0.4, -0.2) is 15.5 Å². The lowest BCUT2D eigenvalue weighted by molar-refractivity contribution is 0.725. The van der Waals surface area contributed by atoms with Gasteiger partial charge in [0.2, 0.25) is 0 Å². The maximum absolute atomic E-state index is 5.83. The van der Waals surface area contributed by atoms with Crippen molar-refractivity contribution in [3.05, 3.63) is 53.3 Å². The van der Waals surface area contributed by atoms with Crippen LogP contribution >= 0.6 is 24.4 Å². The molecule has 0 atom stereocenters. The van der Waals surface area contributed by atoms with E-state index >= 15 is 0 Å². The van der Waals surface area contributed by atoms with Crippen molar-refractivity contribution < 1.29 is 0 Å². The molecule has 0 aliphatic carbocycles. The van der Waals surface area contributed by atoms with E-state index in [4.69, 9.17) is 11.6 Å². The number of aromatic nitrogens is 2. The number of rotatable bonds is 3. The second kappa shape index (κ2) is 5.18. The molecule has 0 amide bonds. The fourth-order valence-corrected chi connectivity index (χ4v) is 1.68. The Labute approximate surface area is 104 Å². The molecule has 0 saturated heterocycles. The molecule has 1 aromatic heterocycles. The van der Waals surface area contributed by atoms with Crippen LogP contribution in [-0.2, 0) is 6.54 Å². The van der Waals surface area contributed by atoms with Crippen molar-refractivity contribution in [3.63, 3.8) is 0 Å². The quantitative estimate of drug-likeness (QED) is 0.660. The van der Waals surface area contributed by atoms with Gasteiger partial charge in [-0.25, -0.2) is 4.40 Å². The summed E-state index contributed by atoms with van der Waals surface area (Å²) in [6, 6.07) is 9.37. The topological polar surface area (TPSA) is 30.2 Å². The molecule has 0 bridgehead atoms. The average molecular weight is 252 g/mol. The molecule has 0 saturated carbocycles. The Morgan fingerprint density at radius 2 is 2.12 bits per heavy atom. The van der Waals surface area contributed by atoms with E-state index in [-0.39, 0.29) is 0 Å². The third-order valence-electron chi connectivity index (χ3n) is 2.17. The molecule has 1 aromatic carbocycles. The minimum Gasteiger partial charge on any atom is -0.267 e. The molecular formula is C11H10ClN3S. The molecular weight excluding hydrogens is 242 g/mol. The monoisotopic (exact) mass is 251 g/mol. The molecule has 3 nitrogen and oxygen atoms in total. The largest absolute Gasteiger partial charge is 0.267 e. The van der Waals surface area contributed by atoms with Gasteiger partial charge in [0.15, 0.2) is 0 Å². The Morgan fingerprint density at radius 3 is 2.69 bits per heavy atom. The van der Waals surface area contributed by atoms with E-state index in [0.717, 1.165) is 11.3 Å². The van der Waals surface area contributed by atoms with Crippen LogP contribution < -0.4 is 0 Å². The Balaban J connectivity index is 2.20. The number of hydrogen-bond donors (Lipinski definition) is 1. The van der Waals surface area contributed by atoms with Gasteiger partial charge >= 0.3 is 0 Å². The number of halogens is 1. The van der Waals surface area contributed by atoms with E-state index in [1.165, 1.54) is 0 Å². The molecule has 2 rings (SSSR count). The Morgan fingerprint density at radius 1 is 1.38 bits per heavy atom. The zero-order chi connectivity index (χ0) is 11.4. The molecule has 0 fully saturated rings. The summed E-state index contributed by atoms with van der Waals surface area (Å²) in [5, 5.41) is 4.83. The lowest BCUT2D eigenvalue weighted by Gasteiger charge is -2.05. The summed E-state index contributed by atoms with van der Waals surface area (Å²) in [7, 11) is 0. The SMILES string of the molecule is S/N=C(/Cn1cccn1)c1ccc(Cl)cc1. The lowest BCUT2D eigenvalue weighted by Crippen LogP contribution is -2.11. The van der Waals surface area contributed by atoms with Gasteiger partial charge in [-0.2, -0.15) is 5.10 Å². The number of hydrogen-bond acceptors (Lipinski definition) is 3. The predicted octanol–water partition coefficient (Wildman–Crippen LogP) is 2.87. The van der Waals surface area contributed by atoms with E-state index < -0.39 is 0 Å². The van der Waals surface area contributed by atoms with E-state index in [1.54, 1.807) is 10.9 Å². The van der Waals surface area contributed by atoms with Gasteiger partial charge < -0.3 is 0 Å². The zero-order valence-electron chi connectivity index (χ0n) is 8.42. The van der Waals surface area contributed by atoms with Gasteiger partial charge in [0.05, 0.1) is 12.3 Å². The molecule has 1 heterocycles. The summed E-state index contributed by atoms with van der Waals surface area (Å²) in [5.41, 5.74) is 1.85. The highest BCUT2D eigenvalue weighted by atomic mass is 35.5. The van der Waals surface area contributed by atoms with Crippen LogP contribution in [0, 0.1) is 0 Å². The van der Waals surface area contributed by atoms with Crippen molar-refractivity contribution in [2.75, 3.05) is 0 Å². The van der Waals surface area contributed by atoms with Gasteiger partial charge in [-0.05, 0) is 36.6 Å².